The second-order valence-electron chi connectivity index (χ2n) is 4.78. The maximum atomic E-state index is 12.3. The molecule has 0 saturated heterocycles. The van der Waals surface area contributed by atoms with Gasteiger partial charge < -0.3 is 10.4 Å². The first-order valence-electron chi connectivity index (χ1n) is 6.38. The van der Waals surface area contributed by atoms with E-state index < -0.39 is 17.4 Å². The molecule has 21 heavy (non-hydrogen) atoms. The molecule has 0 fully saturated rings. The standard InChI is InChI=1S/C13H15N3O4S/c1-7(3-4-10(17)18)15-11(19)9-5-14-13-16(12(9)20)8(2)6-21-13/h5-7H,3-4H2,1-2H3,(H,15,19)(H,17,18). The van der Waals surface area contributed by atoms with Crippen LogP contribution in [0.5, 0.6) is 0 Å². The van der Waals surface area contributed by atoms with E-state index in [0.29, 0.717) is 11.4 Å². The van der Waals surface area contributed by atoms with E-state index in [1.54, 1.807) is 19.2 Å². The zero-order chi connectivity index (χ0) is 15.6. The SMILES string of the molecule is Cc1csc2ncc(C(=O)NC(C)CCC(=O)O)c(=O)n12. The number of carbonyl (C=O) groups excluding carboxylic acids is 1. The van der Waals surface area contributed by atoms with Gasteiger partial charge in [-0.25, -0.2) is 4.98 Å². The Bertz CT molecular complexity index is 749. The third-order valence-corrected chi connectivity index (χ3v) is 3.99. The molecule has 0 aliphatic carbocycles. The number of aryl methyl sites for hydroxylation is 1. The third-order valence-electron chi connectivity index (χ3n) is 3.03. The summed E-state index contributed by atoms with van der Waals surface area (Å²) in [6, 6.07) is -0.336. The lowest BCUT2D eigenvalue weighted by Gasteiger charge is -2.12. The van der Waals surface area contributed by atoms with Gasteiger partial charge >= 0.3 is 5.97 Å². The molecule has 1 amide bonds. The van der Waals surface area contributed by atoms with Crippen LogP contribution >= 0.6 is 11.3 Å². The molecule has 1 unspecified atom stereocenters. The minimum Gasteiger partial charge on any atom is -0.481 e. The molecule has 2 N–H and O–H groups in total. The Morgan fingerprint density at radius 1 is 1.52 bits per heavy atom. The third kappa shape index (κ3) is 3.27. The van der Waals surface area contributed by atoms with Crippen molar-refractivity contribution < 1.29 is 14.7 Å². The molecule has 0 radical (unpaired) electrons. The molecule has 2 rings (SSSR count). The van der Waals surface area contributed by atoms with Crippen LogP contribution in [0.3, 0.4) is 0 Å². The van der Waals surface area contributed by atoms with Crippen molar-refractivity contribution in [1.29, 1.82) is 0 Å². The summed E-state index contributed by atoms with van der Waals surface area (Å²) in [5.74, 6) is -1.46. The number of nitrogens with one attached hydrogen (secondary N) is 1. The van der Waals surface area contributed by atoms with Gasteiger partial charge in [-0.2, -0.15) is 0 Å². The van der Waals surface area contributed by atoms with Gasteiger partial charge in [0.05, 0.1) is 0 Å². The van der Waals surface area contributed by atoms with E-state index in [4.69, 9.17) is 5.11 Å². The van der Waals surface area contributed by atoms with Gasteiger partial charge in [0.2, 0.25) is 0 Å². The summed E-state index contributed by atoms with van der Waals surface area (Å²) in [5, 5.41) is 13.0. The number of hydrogen-bond donors (Lipinski definition) is 2. The number of hydrogen-bond acceptors (Lipinski definition) is 5. The van der Waals surface area contributed by atoms with Crippen LogP contribution in [0.4, 0.5) is 0 Å². The fourth-order valence-electron chi connectivity index (χ4n) is 1.89. The van der Waals surface area contributed by atoms with Crippen molar-refractivity contribution in [3.8, 4) is 0 Å². The summed E-state index contributed by atoms with van der Waals surface area (Å²) in [7, 11) is 0. The van der Waals surface area contributed by atoms with E-state index in [-0.39, 0.29) is 18.0 Å². The van der Waals surface area contributed by atoms with Crippen molar-refractivity contribution in [3.63, 3.8) is 0 Å². The lowest BCUT2D eigenvalue weighted by atomic mass is 10.1. The number of aliphatic carboxylic acids is 1. The Kier molecular flexibility index (Phi) is 4.37. The molecule has 0 aromatic carbocycles. The molecule has 2 aromatic rings. The number of carbonyl (C=O) groups is 2. The van der Waals surface area contributed by atoms with Gasteiger partial charge in [0.15, 0.2) is 4.96 Å². The summed E-state index contributed by atoms with van der Waals surface area (Å²) >= 11 is 1.33. The molecular weight excluding hydrogens is 294 g/mol. The number of carboxylic acid groups (broad SMARTS) is 1. The summed E-state index contributed by atoms with van der Waals surface area (Å²) in [4.78, 5) is 39.5. The van der Waals surface area contributed by atoms with Gasteiger partial charge in [0.25, 0.3) is 11.5 Å². The molecule has 0 spiro atoms. The molecule has 0 saturated carbocycles. The van der Waals surface area contributed by atoms with Crippen molar-refractivity contribution >= 4 is 28.2 Å². The van der Waals surface area contributed by atoms with Crippen molar-refractivity contribution in [3.05, 3.63) is 33.2 Å². The zero-order valence-corrected chi connectivity index (χ0v) is 12.4. The fraction of sp³-hybridized carbons (Fsp3) is 0.385. The minimum atomic E-state index is -0.923. The number of amides is 1. The fourth-order valence-corrected chi connectivity index (χ4v) is 2.72. The summed E-state index contributed by atoms with van der Waals surface area (Å²) in [5.41, 5.74) is 0.263. The molecule has 2 aromatic heterocycles. The lowest BCUT2D eigenvalue weighted by Crippen LogP contribution is -2.37. The highest BCUT2D eigenvalue weighted by atomic mass is 32.1. The summed E-state index contributed by atoms with van der Waals surface area (Å²) in [6.45, 7) is 3.46. The second kappa shape index (κ2) is 6.04. The van der Waals surface area contributed by atoms with Crippen LogP contribution in [0, 0.1) is 6.92 Å². The number of thiazole rings is 1. The normalized spacial score (nSPS) is 12.3. The first kappa shape index (κ1) is 15.2. The van der Waals surface area contributed by atoms with Gasteiger partial charge in [0, 0.05) is 29.7 Å². The highest BCUT2D eigenvalue weighted by Crippen LogP contribution is 2.11. The van der Waals surface area contributed by atoms with E-state index in [1.165, 1.54) is 21.9 Å². The van der Waals surface area contributed by atoms with E-state index in [2.05, 4.69) is 10.3 Å². The van der Waals surface area contributed by atoms with E-state index >= 15 is 0 Å². The Hall–Kier alpha value is -2.22. The Morgan fingerprint density at radius 3 is 2.90 bits per heavy atom. The van der Waals surface area contributed by atoms with Crippen LogP contribution in [0.2, 0.25) is 0 Å². The van der Waals surface area contributed by atoms with Gasteiger partial charge in [-0.1, -0.05) is 0 Å². The van der Waals surface area contributed by atoms with Gasteiger partial charge in [-0.15, -0.1) is 11.3 Å². The average Bonchev–Trinajstić information content (AvgIpc) is 2.79. The average molecular weight is 309 g/mol. The molecule has 112 valence electrons. The monoisotopic (exact) mass is 309 g/mol. The topological polar surface area (TPSA) is 101 Å². The van der Waals surface area contributed by atoms with Gasteiger partial charge in [-0.3, -0.25) is 18.8 Å². The first-order chi connectivity index (χ1) is 9.90. The van der Waals surface area contributed by atoms with Crippen molar-refractivity contribution in [2.24, 2.45) is 0 Å². The maximum absolute atomic E-state index is 12.3. The van der Waals surface area contributed by atoms with E-state index in [9.17, 15) is 14.4 Å². The van der Waals surface area contributed by atoms with Crippen molar-refractivity contribution in [1.82, 2.24) is 14.7 Å². The van der Waals surface area contributed by atoms with Crippen LogP contribution in [0.25, 0.3) is 4.96 Å². The molecule has 0 aliphatic rings. The van der Waals surface area contributed by atoms with Crippen molar-refractivity contribution in [2.75, 3.05) is 0 Å². The minimum absolute atomic E-state index is 0.0403. The van der Waals surface area contributed by atoms with E-state index in [0.717, 1.165) is 5.69 Å². The Balaban J connectivity index is 2.20. The summed E-state index contributed by atoms with van der Waals surface area (Å²) in [6.07, 6.45) is 1.52. The van der Waals surface area contributed by atoms with Crippen LogP contribution in [-0.2, 0) is 4.79 Å². The predicted octanol–water partition coefficient (Wildman–Crippen LogP) is 1.05. The number of rotatable bonds is 5. The Labute approximate surface area is 124 Å². The maximum Gasteiger partial charge on any atom is 0.303 e. The molecule has 1 atom stereocenters. The molecular formula is C13H15N3O4S. The molecule has 8 heteroatoms. The van der Waals surface area contributed by atoms with Crippen LogP contribution in [0.1, 0.15) is 35.8 Å². The molecule has 2 heterocycles. The number of nitrogens with zero attached hydrogens (tertiary/aromatic N) is 2. The number of aromatic nitrogens is 2. The smallest absolute Gasteiger partial charge is 0.303 e. The van der Waals surface area contributed by atoms with Crippen LogP contribution in [0.15, 0.2) is 16.4 Å². The summed E-state index contributed by atoms with van der Waals surface area (Å²) < 4.78 is 1.39. The van der Waals surface area contributed by atoms with Crippen molar-refractivity contribution in [2.45, 2.75) is 32.7 Å². The van der Waals surface area contributed by atoms with Gasteiger partial charge in [0.1, 0.15) is 5.56 Å². The largest absolute Gasteiger partial charge is 0.481 e. The van der Waals surface area contributed by atoms with Crippen LogP contribution in [-0.4, -0.2) is 32.4 Å². The quantitative estimate of drug-likeness (QED) is 0.859. The number of fused-ring (bicyclic) bond motifs is 1. The first-order valence-corrected chi connectivity index (χ1v) is 7.26. The van der Waals surface area contributed by atoms with E-state index in [1.807, 2.05) is 0 Å². The molecule has 0 aliphatic heterocycles. The highest BCUT2D eigenvalue weighted by molar-refractivity contribution is 7.15. The molecule has 7 nitrogen and oxygen atoms in total. The Morgan fingerprint density at radius 2 is 2.24 bits per heavy atom. The number of carboxylic acids is 1. The predicted molar refractivity (Wildman–Crippen MR) is 77.9 cm³/mol. The van der Waals surface area contributed by atoms with Crippen LogP contribution < -0.4 is 10.9 Å². The second-order valence-corrected chi connectivity index (χ2v) is 5.62. The highest BCUT2D eigenvalue weighted by Gasteiger charge is 2.17. The van der Waals surface area contributed by atoms with Gasteiger partial charge in [-0.05, 0) is 20.3 Å². The molecule has 0 bridgehead atoms. The zero-order valence-electron chi connectivity index (χ0n) is 11.6. The lowest BCUT2D eigenvalue weighted by molar-refractivity contribution is -0.137.